The van der Waals surface area contributed by atoms with Crippen LogP contribution >= 0.6 is 0 Å². The van der Waals surface area contributed by atoms with Crippen LogP contribution < -0.4 is 10.1 Å². The maximum atomic E-state index is 5.30. The topological polar surface area (TPSA) is 24.5 Å². The molecule has 1 atom stereocenters. The Morgan fingerprint density at radius 2 is 1.64 bits per heavy atom. The molecule has 0 bridgehead atoms. The number of hydrogen-bond acceptors (Lipinski definition) is 3. The standard InChI is InChI=1S/C19H24N2O/c1-22-18-10-8-17(9-11-18)19(16-6-3-2-4-7-16)21-14-5-12-20-13-15-21/h2-4,6-11,19-20H,5,12-15H2,1H3. The summed E-state index contributed by atoms with van der Waals surface area (Å²) in [5.41, 5.74) is 2.68. The summed E-state index contributed by atoms with van der Waals surface area (Å²) in [7, 11) is 1.71. The summed E-state index contributed by atoms with van der Waals surface area (Å²) in [4.78, 5) is 2.58. The molecule has 116 valence electrons. The lowest BCUT2D eigenvalue weighted by atomic mass is 9.96. The highest BCUT2D eigenvalue weighted by Gasteiger charge is 2.22. The van der Waals surface area contributed by atoms with Crippen LogP contribution in [-0.2, 0) is 0 Å². The molecule has 1 fully saturated rings. The molecule has 0 aliphatic carbocycles. The van der Waals surface area contributed by atoms with Crippen molar-refractivity contribution < 1.29 is 4.74 Å². The molecule has 2 aromatic carbocycles. The zero-order valence-electron chi connectivity index (χ0n) is 13.2. The van der Waals surface area contributed by atoms with Crippen molar-refractivity contribution in [3.05, 3.63) is 65.7 Å². The van der Waals surface area contributed by atoms with Crippen molar-refractivity contribution in [2.75, 3.05) is 33.3 Å². The second-order valence-electron chi connectivity index (χ2n) is 5.73. The van der Waals surface area contributed by atoms with Gasteiger partial charge in [0.15, 0.2) is 0 Å². The highest BCUT2D eigenvalue weighted by atomic mass is 16.5. The predicted octanol–water partition coefficient (Wildman–Crippen LogP) is 3.08. The highest BCUT2D eigenvalue weighted by Crippen LogP contribution is 2.30. The number of ether oxygens (including phenoxy) is 1. The van der Waals surface area contributed by atoms with Gasteiger partial charge in [0.2, 0.25) is 0 Å². The Bertz CT molecular complexity index is 560. The third-order valence-electron chi connectivity index (χ3n) is 4.29. The van der Waals surface area contributed by atoms with Crippen molar-refractivity contribution in [2.45, 2.75) is 12.5 Å². The summed E-state index contributed by atoms with van der Waals surface area (Å²) < 4.78 is 5.30. The van der Waals surface area contributed by atoms with E-state index in [1.807, 2.05) is 0 Å². The van der Waals surface area contributed by atoms with Crippen molar-refractivity contribution in [2.24, 2.45) is 0 Å². The molecule has 22 heavy (non-hydrogen) atoms. The van der Waals surface area contributed by atoms with Crippen molar-refractivity contribution in [1.82, 2.24) is 10.2 Å². The van der Waals surface area contributed by atoms with Crippen LogP contribution in [0.3, 0.4) is 0 Å². The van der Waals surface area contributed by atoms with Crippen LogP contribution in [0.15, 0.2) is 54.6 Å². The molecule has 3 rings (SSSR count). The third-order valence-corrected chi connectivity index (χ3v) is 4.29. The van der Waals surface area contributed by atoms with Gasteiger partial charge in [0.05, 0.1) is 13.2 Å². The van der Waals surface area contributed by atoms with Crippen molar-refractivity contribution >= 4 is 0 Å². The van der Waals surface area contributed by atoms with E-state index < -0.39 is 0 Å². The molecule has 1 N–H and O–H groups in total. The minimum absolute atomic E-state index is 0.312. The molecule has 3 heteroatoms. The van der Waals surface area contributed by atoms with Gasteiger partial charge in [-0.1, -0.05) is 42.5 Å². The van der Waals surface area contributed by atoms with Gasteiger partial charge in [-0.2, -0.15) is 0 Å². The molecule has 0 amide bonds. The van der Waals surface area contributed by atoms with Crippen LogP contribution in [0.4, 0.5) is 0 Å². The van der Waals surface area contributed by atoms with Crippen molar-refractivity contribution in [3.63, 3.8) is 0 Å². The molecule has 0 aromatic heterocycles. The number of methoxy groups -OCH3 is 1. The Kier molecular flexibility index (Phi) is 5.09. The molecule has 0 spiro atoms. The van der Waals surface area contributed by atoms with Crippen LogP contribution in [-0.4, -0.2) is 38.2 Å². The van der Waals surface area contributed by atoms with Gasteiger partial charge in [-0.3, -0.25) is 4.90 Å². The fourth-order valence-corrected chi connectivity index (χ4v) is 3.16. The molecule has 1 saturated heterocycles. The van der Waals surface area contributed by atoms with E-state index in [0.29, 0.717) is 6.04 Å². The SMILES string of the molecule is COc1ccc(C(c2ccccc2)N2CCCNCC2)cc1. The first-order valence-electron chi connectivity index (χ1n) is 8.02. The van der Waals surface area contributed by atoms with Gasteiger partial charge in [0, 0.05) is 19.6 Å². The summed E-state index contributed by atoms with van der Waals surface area (Å²) in [6.07, 6.45) is 1.19. The molecule has 1 heterocycles. The number of rotatable bonds is 4. The van der Waals surface area contributed by atoms with Gasteiger partial charge in [-0.25, -0.2) is 0 Å². The zero-order valence-corrected chi connectivity index (χ0v) is 13.2. The largest absolute Gasteiger partial charge is 0.497 e. The number of nitrogens with zero attached hydrogens (tertiary/aromatic N) is 1. The number of hydrogen-bond donors (Lipinski definition) is 1. The fourth-order valence-electron chi connectivity index (χ4n) is 3.16. The molecule has 2 aromatic rings. The average Bonchev–Trinajstić information content (AvgIpc) is 2.86. The van der Waals surface area contributed by atoms with E-state index in [1.165, 1.54) is 17.5 Å². The normalized spacial score (nSPS) is 17.7. The monoisotopic (exact) mass is 296 g/mol. The van der Waals surface area contributed by atoms with E-state index in [0.717, 1.165) is 31.9 Å². The van der Waals surface area contributed by atoms with Crippen LogP contribution in [0.5, 0.6) is 5.75 Å². The second kappa shape index (κ2) is 7.43. The van der Waals surface area contributed by atoms with E-state index in [4.69, 9.17) is 4.74 Å². The third kappa shape index (κ3) is 3.49. The Morgan fingerprint density at radius 1 is 0.909 bits per heavy atom. The van der Waals surface area contributed by atoms with E-state index in [1.54, 1.807) is 7.11 Å². The highest BCUT2D eigenvalue weighted by molar-refractivity contribution is 5.35. The molecule has 0 saturated carbocycles. The lowest BCUT2D eigenvalue weighted by Crippen LogP contribution is -2.33. The van der Waals surface area contributed by atoms with E-state index in [-0.39, 0.29) is 0 Å². The minimum atomic E-state index is 0.312. The van der Waals surface area contributed by atoms with Crippen molar-refractivity contribution in [3.8, 4) is 5.75 Å². The Hall–Kier alpha value is -1.84. The van der Waals surface area contributed by atoms with E-state index in [9.17, 15) is 0 Å². The zero-order chi connectivity index (χ0) is 15.2. The first-order chi connectivity index (χ1) is 10.9. The predicted molar refractivity (Wildman–Crippen MR) is 90.3 cm³/mol. The molecule has 1 unspecified atom stereocenters. The van der Waals surface area contributed by atoms with Gasteiger partial charge < -0.3 is 10.1 Å². The van der Waals surface area contributed by atoms with Gasteiger partial charge in [0.25, 0.3) is 0 Å². The maximum Gasteiger partial charge on any atom is 0.118 e. The smallest absolute Gasteiger partial charge is 0.118 e. The molecular formula is C19H24N2O. The minimum Gasteiger partial charge on any atom is -0.497 e. The van der Waals surface area contributed by atoms with Gasteiger partial charge in [-0.05, 0) is 36.2 Å². The summed E-state index contributed by atoms with van der Waals surface area (Å²) in [5.74, 6) is 0.910. The van der Waals surface area contributed by atoms with Crippen LogP contribution in [0, 0.1) is 0 Å². The fraction of sp³-hybridized carbons (Fsp3) is 0.368. The summed E-state index contributed by atoms with van der Waals surface area (Å²) in [6.45, 7) is 4.37. The molecule has 3 nitrogen and oxygen atoms in total. The van der Waals surface area contributed by atoms with E-state index in [2.05, 4.69) is 64.8 Å². The second-order valence-corrected chi connectivity index (χ2v) is 5.73. The summed E-state index contributed by atoms with van der Waals surface area (Å²) >= 11 is 0. The van der Waals surface area contributed by atoms with Gasteiger partial charge >= 0.3 is 0 Å². The summed E-state index contributed by atoms with van der Waals surface area (Å²) in [6, 6.07) is 19.6. The summed E-state index contributed by atoms with van der Waals surface area (Å²) in [5, 5.41) is 3.49. The lowest BCUT2D eigenvalue weighted by Gasteiger charge is -2.31. The molecule has 1 aliphatic heterocycles. The molecular weight excluding hydrogens is 272 g/mol. The molecule has 1 aliphatic rings. The van der Waals surface area contributed by atoms with Crippen LogP contribution in [0.2, 0.25) is 0 Å². The first kappa shape index (κ1) is 15.1. The average molecular weight is 296 g/mol. The number of nitrogens with one attached hydrogen (secondary N) is 1. The molecule has 0 radical (unpaired) electrons. The quantitative estimate of drug-likeness (QED) is 0.938. The van der Waals surface area contributed by atoms with Gasteiger partial charge in [-0.15, -0.1) is 0 Å². The maximum absolute atomic E-state index is 5.30. The Morgan fingerprint density at radius 3 is 2.36 bits per heavy atom. The van der Waals surface area contributed by atoms with Crippen LogP contribution in [0.25, 0.3) is 0 Å². The first-order valence-corrected chi connectivity index (χ1v) is 8.02. The Balaban J connectivity index is 1.94. The van der Waals surface area contributed by atoms with Crippen LogP contribution in [0.1, 0.15) is 23.6 Å². The lowest BCUT2D eigenvalue weighted by molar-refractivity contribution is 0.241. The van der Waals surface area contributed by atoms with Crippen molar-refractivity contribution in [1.29, 1.82) is 0 Å². The Labute approximate surface area is 132 Å². The van der Waals surface area contributed by atoms with Gasteiger partial charge in [0.1, 0.15) is 5.75 Å². The number of benzene rings is 2. The van der Waals surface area contributed by atoms with E-state index >= 15 is 0 Å².